The van der Waals surface area contributed by atoms with Crippen molar-refractivity contribution >= 4 is 28.0 Å². The largest absolute Gasteiger partial charge is 0.454 e. The molecule has 0 aromatic carbocycles. The molecule has 4 aromatic heterocycles. The number of aromatic nitrogens is 5. The lowest BCUT2D eigenvalue weighted by atomic mass is 10.2. The average molecular weight is 388 g/mol. The number of ether oxygens (including phenoxy) is 1. The summed E-state index contributed by atoms with van der Waals surface area (Å²) in [5.41, 5.74) is 1.26. The molecule has 0 spiro atoms. The molecule has 1 amide bonds. The first kappa shape index (κ1) is 17.0. The van der Waals surface area contributed by atoms with Gasteiger partial charge in [-0.3, -0.25) is 10.1 Å². The maximum absolute atomic E-state index is 13.3. The summed E-state index contributed by atoms with van der Waals surface area (Å²) in [4.78, 5) is 24.1. The highest BCUT2D eigenvalue weighted by molar-refractivity contribution is 7.13. The number of halogens is 2. The zero-order valence-corrected chi connectivity index (χ0v) is 14.5. The van der Waals surface area contributed by atoms with Crippen LogP contribution in [0.25, 0.3) is 5.65 Å². The minimum Gasteiger partial charge on any atom is -0.454 e. The van der Waals surface area contributed by atoms with Crippen LogP contribution in [-0.2, 0) is 0 Å². The van der Waals surface area contributed by atoms with Crippen LogP contribution < -0.4 is 10.1 Å². The number of amides is 1. The highest BCUT2D eigenvalue weighted by atomic mass is 32.1. The smallest absolute Gasteiger partial charge is 0.261 e. The van der Waals surface area contributed by atoms with Crippen molar-refractivity contribution in [1.82, 2.24) is 24.6 Å². The zero-order valence-electron chi connectivity index (χ0n) is 13.7. The van der Waals surface area contributed by atoms with Gasteiger partial charge in [0.1, 0.15) is 17.8 Å². The number of nitrogens with one attached hydrogen (secondary N) is 1. The Balaban J connectivity index is 1.68. The first-order valence-electron chi connectivity index (χ1n) is 7.55. The SMILES string of the molecule is Cc1csc(NC(=O)c2cc(Oc3cnc(F)c(F)c3)cn3ncnc23)n1. The summed E-state index contributed by atoms with van der Waals surface area (Å²) in [7, 11) is 0. The zero-order chi connectivity index (χ0) is 19.0. The number of fused-ring (bicyclic) bond motifs is 1. The molecule has 0 radical (unpaired) electrons. The molecule has 11 heteroatoms. The summed E-state index contributed by atoms with van der Waals surface area (Å²) < 4.78 is 33.1. The van der Waals surface area contributed by atoms with E-state index < -0.39 is 17.7 Å². The van der Waals surface area contributed by atoms with E-state index in [9.17, 15) is 13.6 Å². The van der Waals surface area contributed by atoms with Gasteiger partial charge in [-0.05, 0) is 13.0 Å². The number of aryl methyl sites for hydroxylation is 1. The molecule has 0 aliphatic heterocycles. The van der Waals surface area contributed by atoms with Gasteiger partial charge in [0.15, 0.2) is 16.6 Å². The minimum absolute atomic E-state index is 0.0322. The second-order valence-electron chi connectivity index (χ2n) is 5.41. The highest BCUT2D eigenvalue weighted by Gasteiger charge is 2.17. The monoisotopic (exact) mass is 388 g/mol. The molecule has 0 bridgehead atoms. The van der Waals surface area contributed by atoms with Crippen molar-refractivity contribution < 1.29 is 18.3 Å². The lowest BCUT2D eigenvalue weighted by Gasteiger charge is -2.09. The highest BCUT2D eigenvalue weighted by Crippen LogP contribution is 2.25. The van der Waals surface area contributed by atoms with Crippen molar-refractivity contribution in [2.75, 3.05) is 5.32 Å². The summed E-state index contributed by atoms with van der Waals surface area (Å²) >= 11 is 1.29. The van der Waals surface area contributed by atoms with Gasteiger partial charge >= 0.3 is 0 Å². The lowest BCUT2D eigenvalue weighted by Crippen LogP contribution is -2.14. The Morgan fingerprint density at radius 3 is 2.85 bits per heavy atom. The van der Waals surface area contributed by atoms with E-state index in [1.807, 2.05) is 6.92 Å². The van der Waals surface area contributed by atoms with E-state index in [0.29, 0.717) is 10.8 Å². The molecule has 4 rings (SSSR count). The molecular formula is C16H10F2N6O2S. The van der Waals surface area contributed by atoms with Gasteiger partial charge in [0.2, 0.25) is 5.95 Å². The van der Waals surface area contributed by atoms with E-state index in [4.69, 9.17) is 4.74 Å². The first-order valence-corrected chi connectivity index (χ1v) is 8.43. The van der Waals surface area contributed by atoms with Crippen LogP contribution in [0.5, 0.6) is 11.5 Å². The van der Waals surface area contributed by atoms with Crippen LogP contribution in [0.2, 0.25) is 0 Å². The van der Waals surface area contributed by atoms with Crippen molar-refractivity contribution in [1.29, 1.82) is 0 Å². The Labute approximate surface area is 154 Å². The number of rotatable bonds is 4. The molecule has 27 heavy (non-hydrogen) atoms. The Kier molecular flexibility index (Phi) is 4.20. The molecular weight excluding hydrogens is 378 g/mol. The number of pyridine rings is 2. The van der Waals surface area contributed by atoms with Crippen LogP contribution in [0.1, 0.15) is 16.1 Å². The predicted molar refractivity (Wildman–Crippen MR) is 92.0 cm³/mol. The first-order chi connectivity index (χ1) is 13.0. The normalized spacial score (nSPS) is 10.9. The lowest BCUT2D eigenvalue weighted by molar-refractivity contribution is 0.102. The Bertz CT molecular complexity index is 1160. The summed E-state index contributed by atoms with van der Waals surface area (Å²) in [6.07, 6.45) is 3.76. The fourth-order valence-electron chi connectivity index (χ4n) is 2.30. The molecule has 0 saturated heterocycles. The Morgan fingerprint density at radius 1 is 1.26 bits per heavy atom. The van der Waals surface area contributed by atoms with Crippen molar-refractivity contribution in [3.8, 4) is 11.5 Å². The second-order valence-corrected chi connectivity index (χ2v) is 6.27. The molecule has 0 unspecified atom stereocenters. The van der Waals surface area contributed by atoms with Gasteiger partial charge in [0.05, 0.1) is 23.7 Å². The second kappa shape index (κ2) is 6.68. The van der Waals surface area contributed by atoms with Crippen molar-refractivity contribution in [2.45, 2.75) is 6.92 Å². The summed E-state index contributed by atoms with van der Waals surface area (Å²) in [5.74, 6) is -2.70. The van der Waals surface area contributed by atoms with Crippen LogP contribution >= 0.6 is 11.3 Å². The minimum atomic E-state index is -1.23. The fourth-order valence-corrected chi connectivity index (χ4v) is 2.98. The van der Waals surface area contributed by atoms with Crippen molar-refractivity contribution in [2.24, 2.45) is 0 Å². The van der Waals surface area contributed by atoms with Crippen molar-refractivity contribution in [3.63, 3.8) is 0 Å². The topological polar surface area (TPSA) is 94.3 Å². The molecule has 0 saturated carbocycles. The Morgan fingerprint density at radius 2 is 2.11 bits per heavy atom. The van der Waals surface area contributed by atoms with Gasteiger partial charge in [-0.1, -0.05) is 0 Å². The van der Waals surface area contributed by atoms with E-state index in [1.54, 1.807) is 5.38 Å². The van der Waals surface area contributed by atoms with E-state index in [1.165, 1.54) is 34.4 Å². The average Bonchev–Trinajstić information content (AvgIpc) is 3.26. The number of carbonyl (C=O) groups is 1. The number of nitrogens with zero attached hydrogens (tertiary/aromatic N) is 5. The third kappa shape index (κ3) is 3.44. The van der Waals surface area contributed by atoms with Crippen molar-refractivity contribution in [3.05, 3.63) is 59.3 Å². The number of hydrogen-bond donors (Lipinski definition) is 1. The molecule has 0 aliphatic carbocycles. The van der Waals surface area contributed by atoms with Gasteiger partial charge in [0, 0.05) is 11.4 Å². The van der Waals surface area contributed by atoms with E-state index in [-0.39, 0.29) is 17.1 Å². The number of hydrogen-bond acceptors (Lipinski definition) is 7. The summed E-state index contributed by atoms with van der Waals surface area (Å²) in [6.45, 7) is 1.81. The van der Waals surface area contributed by atoms with E-state index >= 15 is 0 Å². The van der Waals surface area contributed by atoms with Gasteiger partial charge < -0.3 is 4.74 Å². The maximum Gasteiger partial charge on any atom is 0.261 e. The predicted octanol–water partition coefficient (Wildman–Crippen LogP) is 3.21. The van der Waals surface area contributed by atoms with Gasteiger partial charge in [-0.15, -0.1) is 11.3 Å². The van der Waals surface area contributed by atoms with E-state index in [0.717, 1.165) is 18.0 Å². The van der Waals surface area contributed by atoms with Gasteiger partial charge in [0.25, 0.3) is 5.91 Å². The van der Waals surface area contributed by atoms with Crippen LogP contribution in [0.15, 0.2) is 36.2 Å². The maximum atomic E-state index is 13.3. The number of thiazole rings is 1. The molecule has 0 fully saturated rings. The number of anilines is 1. The molecule has 136 valence electrons. The van der Waals surface area contributed by atoms with Crippen LogP contribution in [0.3, 0.4) is 0 Å². The fraction of sp³-hybridized carbons (Fsp3) is 0.0625. The molecule has 0 aliphatic rings. The van der Waals surface area contributed by atoms with Crippen LogP contribution in [0, 0.1) is 18.7 Å². The third-order valence-electron chi connectivity index (χ3n) is 3.44. The van der Waals surface area contributed by atoms with Gasteiger partial charge in [-0.25, -0.2) is 23.9 Å². The molecule has 4 heterocycles. The molecule has 8 nitrogen and oxygen atoms in total. The molecule has 0 atom stereocenters. The molecule has 4 aromatic rings. The standard InChI is InChI=1S/C16H10F2N6O2S/c1-8-6-27-16(22-8)23-15(25)11-2-10(5-24-14(11)20-7-21-24)26-9-3-12(17)13(18)19-4-9/h2-7H,1H3,(H,22,23,25). The third-order valence-corrected chi connectivity index (χ3v) is 4.32. The van der Waals surface area contributed by atoms with Crippen LogP contribution in [-0.4, -0.2) is 30.5 Å². The molecule has 1 N–H and O–H groups in total. The Hall–Kier alpha value is -3.47. The quantitative estimate of drug-likeness (QED) is 0.540. The number of carbonyl (C=O) groups excluding carboxylic acids is 1. The van der Waals surface area contributed by atoms with Gasteiger partial charge in [-0.2, -0.15) is 9.49 Å². The van der Waals surface area contributed by atoms with E-state index in [2.05, 4.69) is 25.4 Å². The van der Waals surface area contributed by atoms with Crippen LogP contribution in [0.4, 0.5) is 13.9 Å². The summed E-state index contributed by atoms with van der Waals surface area (Å²) in [5, 5.41) is 8.91. The summed E-state index contributed by atoms with van der Waals surface area (Å²) in [6, 6.07) is 2.27.